The van der Waals surface area contributed by atoms with E-state index in [1.165, 1.54) is 0 Å². The maximum atomic E-state index is 12.0. The molecule has 1 amide bonds. The van der Waals surface area contributed by atoms with Crippen molar-refractivity contribution in [2.45, 2.75) is 59.2 Å². The van der Waals surface area contributed by atoms with E-state index in [1.54, 1.807) is 11.8 Å². The average molecular weight is 274 g/mol. The van der Waals surface area contributed by atoms with E-state index < -0.39 is 11.7 Å². The van der Waals surface area contributed by atoms with Crippen molar-refractivity contribution in [3.8, 4) is 0 Å². The second-order valence-corrected chi connectivity index (χ2v) is 5.88. The molecule has 19 heavy (non-hydrogen) atoms. The lowest BCUT2D eigenvalue weighted by molar-refractivity contribution is 0.0164. The van der Waals surface area contributed by atoms with Gasteiger partial charge in [-0.3, -0.25) is 0 Å². The van der Waals surface area contributed by atoms with Gasteiger partial charge in [0.1, 0.15) is 5.60 Å². The number of carbonyl (C=O) groups excluding carboxylic acids is 1. The number of hydrogen-bond acceptors (Lipinski definition) is 4. The average Bonchev–Trinajstić information content (AvgIpc) is 2.24. The third-order valence-corrected chi connectivity index (χ3v) is 2.40. The van der Waals surface area contributed by atoms with Gasteiger partial charge in [0.2, 0.25) is 0 Å². The molecule has 1 atom stereocenters. The minimum Gasteiger partial charge on any atom is -0.444 e. The molecule has 0 spiro atoms. The van der Waals surface area contributed by atoms with Crippen molar-refractivity contribution in [2.75, 3.05) is 26.2 Å². The highest BCUT2D eigenvalue weighted by molar-refractivity contribution is 5.68. The molecule has 0 aliphatic heterocycles. The largest absolute Gasteiger partial charge is 0.444 e. The zero-order chi connectivity index (χ0) is 14.9. The summed E-state index contributed by atoms with van der Waals surface area (Å²) < 4.78 is 5.33. The highest BCUT2D eigenvalue weighted by Crippen LogP contribution is 2.10. The van der Waals surface area contributed by atoms with E-state index >= 15 is 0 Å². The molecule has 0 fully saturated rings. The molecule has 0 rings (SSSR count). The fraction of sp³-hybridized carbons (Fsp3) is 0.929. The van der Waals surface area contributed by atoms with Gasteiger partial charge in [0.25, 0.3) is 0 Å². The number of aliphatic hydroxyl groups is 1. The summed E-state index contributed by atoms with van der Waals surface area (Å²) in [6, 6.07) is 0. The molecule has 5 nitrogen and oxygen atoms in total. The van der Waals surface area contributed by atoms with Gasteiger partial charge >= 0.3 is 6.09 Å². The molecule has 0 saturated heterocycles. The number of hydrogen-bond donors (Lipinski definition) is 2. The second-order valence-electron chi connectivity index (χ2n) is 5.88. The molecule has 5 heteroatoms. The zero-order valence-corrected chi connectivity index (χ0v) is 13.0. The minimum absolute atomic E-state index is 0.296. The second kappa shape index (κ2) is 9.15. The lowest BCUT2D eigenvalue weighted by Crippen LogP contribution is -2.43. The van der Waals surface area contributed by atoms with Gasteiger partial charge in [-0.1, -0.05) is 13.3 Å². The van der Waals surface area contributed by atoms with E-state index in [1.807, 2.05) is 20.8 Å². The lowest BCUT2D eigenvalue weighted by atomic mass is 10.2. The molecule has 114 valence electrons. The first-order chi connectivity index (χ1) is 8.76. The Hall–Kier alpha value is -0.810. The van der Waals surface area contributed by atoms with Crippen LogP contribution in [0.5, 0.6) is 0 Å². The number of rotatable bonds is 8. The van der Waals surface area contributed by atoms with Gasteiger partial charge in [0.05, 0.1) is 6.10 Å². The van der Waals surface area contributed by atoms with Crippen LogP contribution in [0.3, 0.4) is 0 Å². The molecular formula is C14H30N2O3. The van der Waals surface area contributed by atoms with Gasteiger partial charge in [0.15, 0.2) is 0 Å². The number of aliphatic hydroxyl groups excluding tert-OH is 1. The van der Waals surface area contributed by atoms with Crippen molar-refractivity contribution in [1.29, 1.82) is 0 Å². The number of nitrogens with one attached hydrogen (secondary N) is 1. The van der Waals surface area contributed by atoms with Crippen LogP contribution >= 0.6 is 0 Å². The highest BCUT2D eigenvalue weighted by Gasteiger charge is 2.22. The molecule has 0 aliphatic carbocycles. The van der Waals surface area contributed by atoms with E-state index in [0.29, 0.717) is 19.6 Å². The van der Waals surface area contributed by atoms with Crippen molar-refractivity contribution in [3.63, 3.8) is 0 Å². The summed E-state index contributed by atoms with van der Waals surface area (Å²) in [5, 5.41) is 12.7. The summed E-state index contributed by atoms with van der Waals surface area (Å²) in [6.45, 7) is 11.8. The summed E-state index contributed by atoms with van der Waals surface area (Å²) >= 11 is 0. The monoisotopic (exact) mass is 274 g/mol. The first kappa shape index (κ1) is 18.2. The Morgan fingerprint density at radius 2 is 2.00 bits per heavy atom. The van der Waals surface area contributed by atoms with Crippen LogP contribution in [0.15, 0.2) is 0 Å². The summed E-state index contributed by atoms with van der Waals surface area (Å²) in [4.78, 5) is 13.5. The van der Waals surface area contributed by atoms with Gasteiger partial charge in [-0.05, 0) is 40.7 Å². The maximum Gasteiger partial charge on any atom is 0.410 e. The maximum absolute atomic E-state index is 12.0. The number of unbranched alkanes of at least 4 members (excludes halogenated alkanes) is 1. The predicted molar refractivity (Wildman–Crippen MR) is 77.3 cm³/mol. The number of carbonyl (C=O) groups is 1. The van der Waals surface area contributed by atoms with Crippen molar-refractivity contribution in [3.05, 3.63) is 0 Å². The SMILES string of the molecule is CCCCNCCN(CC(C)O)C(=O)OC(C)(C)C. The Bertz CT molecular complexity index is 250. The highest BCUT2D eigenvalue weighted by atomic mass is 16.6. The quantitative estimate of drug-likeness (QED) is 0.665. The Morgan fingerprint density at radius 1 is 1.37 bits per heavy atom. The van der Waals surface area contributed by atoms with E-state index in [2.05, 4.69) is 12.2 Å². The van der Waals surface area contributed by atoms with Crippen LogP contribution in [-0.2, 0) is 4.74 Å². The van der Waals surface area contributed by atoms with Gasteiger partial charge in [-0.25, -0.2) is 4.79 Å². The third-order valence-electron chi connectivity index (χ3n) is 2.40. The fourth-order valence-electron chi connectivity index (χ4n) is 1.54. The molecule has 0 aromatic rings. The molecule has 0 heterocycles. The van der Waals surface area contributed by atoms with Gasteiger partial charge < -0.3 is 20.1 Å². The molecule has 0 saturated carbocycles. The molecule has 0 aromatic carbocycles. The van der Waals surface area contributed by atoms with E-state index in [4.69, 9.17) is 4.74 Å². The van der Waals surface area contributed by atoms with Crippen molar-refractivity contribution in [1.82, 2.24) is 10.2 Å². The molecule has 0 radical (unpaired) electrons. The van der Waals surface area contributed by atoms with Crippen LogP contribution < -0.4 is 5.32 Å². The van der Waals surface area contributed by atoms with Crippen molar-refractivity contribution >= 4 is 6.09 Å². The minimum atomic E-state index is -0.553. The van der Waals surface area contributed by atoms with Crippen molar-refractivity contribution < 1.29 is 14.6 Å². The molecule has 0 aliphatic rings. The van der Waals surface area contributed by atoms with Crippen LogP contribution in [0.2, 0.25) is 0 Å². The number of amides is 1. The Morgan fingerprint density at radius 3 is 2.47 bits per heavy atom. The Balaban J connectivity index is 4.18. The van der Waals surface area contributed by atoms with Crippen LogP contribution in [0.4, 0.5) is 4.79 Å². The fourth-order valence-corrected chi connectivity index (χ4v) is 1.54. The number of nitrogens with zero attached hydrogens (tertiary/aromatic N) is 1. The van der Waals surface area contributed by atoms with Gasteiger partial charge in [0, 0.05) is 19.6 Å². The molecular weight excluding hydrogens is 244 g/mol. The Kier molecular flexibility index (Phi) is 8.76. The Labute approximate surface area is 117 Å². The van der Waals surface area contributed by atoms with Crippen LogP contribution in [0.25, 0.3) is 0 Å². The third kappa shape index (κ3) is 10.8. The normalized spacial score (nSPS) is 13.2. The zero-order valence-electron chi connectivity index (χ0n) is 13.0. The summed E-state index contributed by atoms with van der Waals surface area (Å²) in [5.41, 5.74) is -0.510. The number of ether oxygens (including phenoxy) is 1. The predicted octanol–water partition coefficient (Wildman–Crippen LogP) is 1.99. The molecule has 2 N–H and O–H groups in total. The summed E-state index contributed by atoms with van der Waals surface area (Å²) in [5.74, 6) is 0. The van der Waals surface area contributed by atoms with Crippen LogP contribution in [-0.4, -0.2) is 54.0 Å². The van der Waals surface area contributed by atoms with Crippen molar-refractivity contribution in [2.24, 2.45) is 0 Å². The van der Waals surface area contributed by atoms with Gasteiger partial charge in [-0.15, -0.1) is 0 Å². The smallest absolute Gasteiger partial charge is 0.410 e. The molecule has 1 unspecified atom stereocenters. The van der Waals surface area contributed by atoms with E-state index in [-0.39, 0.29) is 6.09 Å². The summed E-state index contributed by atoms with van der Waals surface area (Å²) in [6.07, 6.45) is 1.35. The summed E-state index contributed by atoms with van der Waals surface area (Å²) in [7, 11) is 0. The molecule has 0 aromatic heterocycles. The van der Waals surface area contributed by atoms with Crippen LogP contribution in [0.1, 0.15) is 47.5 Å². The first-order valence-corrected chi connectivity index (χ1v) is 7.13. The molecule has 0 bridgehead atoms. The van der Waals surface area contributed by atoms with Gasteiger partial charge in [-0.2, -0.15) is 0 Å². The standard InChI is InChI=1S/C14H30N2O3/c1-6-7-8-15-9-10-16(11-12(2)17)13(18)19-14(3,4)5/h12,15,17H,6-11H2,1-5H3. The van der Waals surface area contributed by atoms with Crippen LogP contribution in [0, 0.1) is 0 Å². The van der Waals surface area contributed by atoms with E-state index in [9.17, 15) is 9.90 Å². The lowest BCUT2D eigenvalue weighted by Gasteiger charge is -2.28. The van der Waals surface area contributed by atoms with E-state index in [0.717, 1.165) is 19.4 Å². The topological polar surface area (TPSA) is 61.8 Å². The first-order valence-electron chi connectivity index (χ1n) is 7.13.